The normalized spacial score (nSPS) is 13.4. The predicted octanol–water partition coefficient (Wildman–Crippen LogP) is 13.0. The molecule has 2 aliphatic rings. The van der Waals surface area contributed by atoms with Crippen molar-refractivity contribution in [2.75, 3.05) is 0 Å². The first-order valence-electron chi connectivity index (χ1n) is 18.9. The molecular formula is C53H36N2O. The van der Waals surface area contributed by atoms with Gasteiger partial charge in [-0.25, -0.2) is 0 Å². The van der Waals surface area contributed by atoms with Crippen molar-refractivity contribution in [3.63, 3.8) is 0 Å². The van der Waals surface area contributed by atoms with Gasteiger partial charge in [-0.1, -0.05) is 176 Å². The summed E-state index contributed by atoms with van der Waals surface area (Å²) in [6.45, 7) is 0. The predicted molar refractivity (Wildman–Crippen MR) is 230 cm³/mol. The molecule has 264 valence electrons. The molecule has 8 aromatic carbocycles. The first kappa shape index (κ1) is 33.2. The van der Waals surface area contributed by atoms with Crippen LogP contribution in [-0.4, -0.2) is 11.9 Å². The summed E-state index contributed by atoms with van der Waals surface area (Å²) in [4.78, 5) is 4.88. The van der Waals surface area contributed by atoms with Crippen molar-refractivity contribution < 1.29 is 4.74 Å². The number of nitrogens with one attached hydrogen (secondary N) is 1. The van der Waals surface area contributed by atoms with Crippen molar-refractivity contribution in [2.45, 2.75) is 5.41 Å². The third-order valence-corrected chi connectivity index (χ3v) is 11.1. The van der Waals surface area contributed by atoms with E-state index in [-0.39, 0.29) is 0 Å². The summed E-state index contributed by atoms with van der Waals surface area (Å²) < 4.78 is 6.50. The Morgan fingerprint density at radius 2 is 0.982 bits per heavy atom. The number of benzene rings is 8. The molecule has 0 radical (unpaired) electrons. The maximum absolute atomic E-state index is 8.71. The largest absolute Gasteiger partial charge is 0.457 e. The van der Waals surface area contributed by atoms with Gasteiger partial charge in [-0.2, -0.15) is 0 Å². The molecule has 3 heteroatoms. The van der Waals surface area contributed by atoms with Crippen LogP contribution in [0, 0.1) is 5.41 Å². The number of fused-ring (bicyclic) bond motifs is 9. The van der Waals surface area contributed by atoms with E-state index < -0.39 is 5.41 Å². The molecule has 1 spiro atoms. The number of para-hydroxylation sites is 2. The van der Waals surface area contributed by atoms with Gasteiger partial charge in [0.05, 0.1) is 16.8 Å². The van der Waals surface area contributed by atoms with Crippen LogP contribution in [-0.2, 0) is 5.41 Å². The second kappa shape index (κ2) is 13.8. The lowest BCUT2D eigenvalue weighted by atomic mass is 9.66. The fraction of sp³-hybridized carbons (Fsp3) is 0.0189. The maximum Gasteiger partial charge on any atom is 0.132 e. The van der Waals surface area contributed by atoms with Crippen LogP contribution in [0.4, 0.5) is 0 Å². The molecule has 56 heavy (non-hydrogen) atoms. The smallest absolute Gasteiger partial charge is 0.132 e. The molecule has 0 aromatic heterocycles. The Balaban J connectivity index is 0.980. The van der Waals surface area contributed by atoms with Crippen molar-refractivity contribution in [1.29, 1.82) is 5.41 Å². The van der Waals surface area contributed by atoms with E-state index in [1.54, 1.807) is 0 Å². The number of allylic oxidation sites excluding steroid dienone is 1. The Bertz CT molecular complexity index is 2790. The third kappa shape index (κ3) is 5.61. The lowest BCUT2D eigenvalue weighted by Gasteiger charge is -2.39. The number of ether oxygens (including phenoxy) is 1. The molecule has 1 N–H and O–H groups in total. The number of hydrogen-bond acceptors (Lipinski definition) is 3. The summed E-state index contributed by atoms with van der Waals surface area (Å²) in [5, 5.41) is 8.71. The van der Waals surface area contributed by atoms with Crippen molar-refractivity contribution in [2.24, 2.45) is 4.99 Å². The van der Waals surface area contributed by atoms with E-state index in [0.717, 1.165) is 45.0 Å². The zero-order valence-electron chi connectivity index (χ0n) is 30.6. The number of rotatable bonds is 7. The topological polar surface area (TPSA) is 45.4 Å². The van der Waals surface area contributed by atoms with Gasteiger partial charge in [0.25, 0.3) is 0 Å². The fourth-order valence-electron chi connectivity index (χ4n) is 8.46. The molecular weight excluding hydrogens is 681 g/mol. The van der Waals surface area contributed by atoms with E-state index in [0.29, 0.717) is 5.71 Å². The Morgan fingerprint density at radius 1 is 0.446 bits per heavy atom. The van der Waals surface area contributed by atoms with Gasteiger partial charge in [-0.3, -0.25) is 4.99 Å². The van der Waals surface area contributed by atoms with Crippen molar-refractivity contribution in [3.05, 3.63) is 245 Å². The highest BCUT2D eigenvalue weighted by Gasteiger charge is 2.50. The van der Waals surface area contributed by atoms with Gasteiger partial charge in [0, 0.05) is 22.9 Å². The molecule has 0 amide bonds. The van der Waals surface area contributed by atoms with Crippen LogP contribution in [0.15, 0.2) is 211 Å². The molecule has 0 saturated heterocycles. The van der Waals surface area contributed by atoms with Gasteiger partial charge in [0.1, 0.15) is 11.5 Å². The first-order valence-corrected chi connectivity index (χ1v) is 18.9. The van der Waals surface area contributed by atoms with Crippen LogP contribution in [0.2, 0.25) is 0 Å². The van der Waals surface area contributed by atoms with Crippen LogP contribution in [0.3, 0.4) is 0 Å². The summed E-state index contributed by atoms with van der Waals surface area (Å²) >= 11 is 0. The average molecular weight is 717 g/mol. The van der Waals surface area contributed by atoms with E-state index in [4.69, 9.17) is 15.1 Å². The van der Waals surface area contributed by atoms with Gasteiger partial charge < -0.3 is 10.1 Å². The van der Waals surface area contributed by atoms with E-state index >= 15 is 0 Å². The van der Waals surface area contributed by atoms with Gasteiger partial charge in [0.2, 0.25) is 0 Å². The Hall–Kier alpha value is -7.36. The first-order chi connectivity index (χ1) is 27.7. The van der Waals surface area contributed by atoms with Gasteiger partial charge in [0.15, 0.2) is 0 Å². The van der Waals surface area contributed by atoms with E-state index in [9.17, 15) is 0 Å². The summed E-state index contributed by atoms with van der Waals surface area (Å²) in [5.41, 5.74) is 15.5. The number of hydrogen-bond donors (Lipinski definition) is 1. The second-order valence-corrected chi connectivity index (χ2v) is 14.3. The van der Waals surface area contributed by atoms with Gasteiger partial charge in [-0.05, 0) is 86.0 Å². The monoisotopic (exact) mass is 716 g/mol. The van der Waals surface area contributed by atoms with Crippen LogP contribution >= 0.6 is 0 Å². The highest BCUT2D eigenvalue weighted by Crippen LogP contribution is 2.62. The molecule has 0 saturated carbocycles. The summed E-state index contributed by atoms with van der Waals surface area (Å²) in [7, 11) is 0. The minimum Gasteiger partial charge on any atom is -0.457 e. The molecule has 0 fully saturated rings. The highest BCUT2D eigenvalue weighted by molar-refractivity contribution is 6.10. The lowest BCUT2D eigenvalue weighted by Crippen LogP contribution is -2.32. The zero-order chi connectivity index (χ0) is 37.5. The van der Waals surface area contributed by atoms with Crippen LogP contribution in [0.1, 0.15) is 38.9 Å². The molecule has 8 aromatic rings. The maximum atomic E-state index is 8.71. The van der Waals surface area contributed by atoms with Gasteiger partial charge >= 0.3 is 0 Å². The molecule has 3 nitrogen and oxygen atoms in total. The SMILES string of the molecule is N=C(/C=C(\N=Cc1ccc(-c2cccc(-c3ccc4c(c3)-c3ccccc3C43c4ccccc4Oc4ccccc43)c2)cc1)c1ccccc1)c1ccccc1. The molecule has 0 bridgehead atoms. The summed E-state index contributed by atoms with van der Waals surface area (Å²) in [6, 6.07) is 69.9. The molecule has 0 atom stereocenters. The summed E-state index contributed by atoms with van der Waals surface area (Å²) in [5.74, 6) is 1.80. The quantitative estimate of drug-likeness (QED) is 0.164. The van der Waals surface area contributed by atoms with Crippen molar-refractivity contribution >= 4 is 17.6 Å². The molecule has 1 aliphatic carbocycles. The van der Waals surface area contributed by atoms with Crippen molar-refractivity contribution in [3.8, 4) is 44.9 Å². The molecule has 10 rings (SSSR count). The Labute approximate surface area is 327 Å². The standard InChI is InChI=1S/C53H36N2O/c54-49(38-14-3-1-4-15-38)34-50(39-16-5-2-6-17-39)55-35-36-26-28-37(29-27-36)40-18-13-19-41(32-40)42-30-31-46-44(33-42)43-20-7-8-21-45(43)53(46)47-22-9-11-24-51(47)56-52-25-12-10-23-48(52)53/h1-35,54H/b50-34-,54-49?,55-35?. The van der Waals surface area contributed by atoms with E-state index in [1.165, 1.54) is 44.5 Å². The van der Waals surface area contributed by atoms with Crippen LogP contribution in [0.5, 0.6) is 11.5 Å². The van der Waals surface area contributed by atoms with Crippen LogP contribution < -0.4 is 4.74 Å². The second-order valence-electron chi connectivity index (χ2n) is 14.3. The lowest BCUT2D eigenvalue weighted by molar-refractivity contribution is 0.436. The van der Waals surface area contributed by atoms with Gasteiger partial charge in [-0.15, -0.1) is 0 Å². The molecule has 1 aliphatic heterocycles. The third-order valence-electron chi connectivity index (χ3n) is 11.1. The molecule has 1 heterocycles. The minimum atomic E-state index is -0.468. The fourth-order valence-corrected chi connectivity index (χ4v) is 8.46. The Kier molecular flexibility index (Phi) is 8.19. The Morgan fingerprint density at radius 3 is 1.68 bits per heavy atom. The van der Waals surface area contributed by atoms with Crippen LogP contribution in [0.25, 0.3) is 39.1 Å². The van der Waals surface area contributed by atoms with E-state index in [2.05, 4.69) is 140 Å². The zero-order valence-corrected chi connectivity index (χ0v) is 30.6. The minimum absolute atomic E-state index is 0.420. The highest BCUT2D eigenvalue weighted by atomic mass is 16.5. The summed E-state index contributed by atoms with van der Waals surface area (Å²) in [6.07, 6.45) is 3.71. The van der Waals surface area contributed by atoms with E-state index in [1.807, 2.05) is 73.0 Å². The molecule has 0 unspecified atom stereocenters. The average Bonchev–Trinajstić information content (AvgIpc) is 3.56. The number of nitrogens with zero attached hydrogens (tertiary/aromatic N) is 1. The number of aliphatic imine (C=N–C) groups is 1. The van der Waals surface area contributed by atoms with Crippen molar-refractivity contribution in [1.82, 2.24) is 0 Å².